The molecule has 0 aromatic carbocycles. The monoisotopic (exact) mass is 178 g/mol. The second-order valence-corrected chi connectivity index (χ2v) is 4.50. The fourth-order valence-corrected chi connectivity index (χ4v) is 2.81. The average molecular weight is 178 g/mol. The molecule has 2 aliphatic carbocycles. The summed E-state index contributed by atoms with van der Waals surface area (Å²) in [5, 5.41) is 0. The maximum absolute atomic E-state index is 11.6. The number of carbonyl (C=O) groups is 1. The molecule has 1 fully saturated rings. The van der Waals surface area contributed by atoms with Gasteiger partial charge in [0.25, 0.3) is 0 Å². The quantitative estimate of drug-likeness (QED) is 0.557. The molecular formula is C12H18O. The molecule has 0 aliphatic heterocycles. The van der Waals surface area contributed by atoms with Crippen LogP contribution in [0.5, 0.6) is 0 Å². The van der Waals surface area contributed by atoms with Crippen molar-refractivity contribution in [1.29, 1.82) is 0 Å². The molecule has 0 radical (unpaired) electrons. The molecule has 0 N–H and O–H groups in total. The normalized spacial score (nSPS) is 34.8. The molecule has 2 atom stereocenters. The molecule has 2 aliphatic rings. The molecule has 72 valence electrons. The van der Waals surface area contributed by atoms with Crippen molar-refractivity contribution < 1.29 is 4.79 Å². The van der Waals surface area contributed by atoms with Crippen LogP contribution in [-0.4, -0.2) is 5.78 Å². The van der Waals surface area contributed by atoms with Gasteiger partial charge in [0.15, 0.2) is 5.78 Å². The zero-order valence-electron chi connectivity index (χ0n) is 8.38. The highest BCUT2D eigenvalue weighted by atomic mass is 16.1. The number of ketones is 1. The van der Waals surface area contributed by atoms with Crippen LogP contribution in [0.25, 0.3) is 0 Å². The zero-order chi connectivity index (χ0) is 9.26. The van der Waals surface area contributed by atoms with E-state index >= 15 is 0 Å². The summed E-state index contributed by atoms with van der Waals surface area (Å²) in [7, 11) is 0. The molecule has 13 heavy (non-hydrogen) atoms. The summed E-state index contributed by atoms with van der Waals surface area (Å²) in [6.07, 6.45) is 9.55. The summed E-state index contributed by atoms with van der Waals surface area (Å²) in [4.78, 5) is 11.6. The number of hydrogen-bond acceptors (Lipinski definition) is 1. The molecule has 0 unspecified atom stereocenters. The number of allylic oxidation sites excluding steroid dienone is 2. The Bertz CT molecular complexity index is 240. The Morgan fingerprint density at radius 3 is 2.38 bits per heavy atom. The van der Waals surface area contributed by atoms with Gasteiger partial charge >= 0.3 is 0 Å². The summed E-state index contributed by atoms with van der Waals surface area (Å²) >= 11 is 0. The summed E-state index contributed by atoms with van der Waals surface area (Å²) in [5.41, 5.74) is 1.34. The van der Waals surface area contributed by atoms with E-state index in [1.807, 2.05) is 6.08 Å². The molecule has 2 rings (SSSR count). The first-order chi connectivity index (χ1) is 6.29. The van der Waals surface area contributed by atoms with E-state index in [0.29, 0.717) is 17.6 Å². The lowest BCUT2D eigenvalue weighted by Gasteiger charge is -2.22. The Morgan fingerprint density at radius 2 is 1.69 bits per heavy atom. The molecule has 1 saturated carbocycles. The highest BCUT2D eigenvalue weighted by Gasteiger charge is 2.33. The molecule has 0 bridgehead atoms. The minimum absolute atomic E-state index is 0.361. The van der Waals surface area contributed by atoms with Crippen molar-refractivity contribution in [3.8, 4) is 0 Å². The molecule has 0 aromatic heterocycles. The highest BCUT2D eigenvalue weighted by molar-refractivity contribution is 5.95. The van der Waals surface area contributed by atoms with E-state index in [-0.39, 0.29) is 0 Å². The smallest absolute Gasteiger partial charge is 0.159 e. The van der Waals surface area contributed by atoms with Gasteiger partial charge in [0, 0.05) is 5.92 Å². The lowest BCUT2D eigenvalue weighted by Crippen LogP contribution is -2.18. The van der Waals surface area contributed by atoms with Crippen molar-refractivity contribution in [2.24, 2.45) is 11.8 Å². The van der Waals surface area contributed by atoms with Gasteiger partial charge in [-0.2, -0.15) is 0 Å². The van der Waals surface area contributed by atoms with Crippen LogP contribution in [0, 0.1) is 11.8 Å². The van der Waals surface area contributed by atoms with Crippen LogP contribution >= 0.6 is 0 Å². The predicted molar refractivity (Wildman–Crippen MR) is 53.4 cm³/mol. The standard InChI is InChI=1S/C12H18O/c1-9-8-12(13)11-7-5-3-2-4-6-10(9)11/h8,10-11H,2-7H2,1H3/t10-,11+/m0/s1. The SMILES string of the molecule is CC1=CC(=O)[C@@H]2CCCCCC[C@@H]12. The molecule has 0 aromatic rings. The number of hydrogen-bond donors (Lipinski definition) is 0. The van der Waals surface area contributed by atoms with Crippen LogP contribution in [0.4, 0.5) is 0 Å². The third kappa shape index (κ3) is 1.70. The largest absolute Gasteiger partial charge is 0.295 e. The van der Waals surface area contributed by atoms with Gasteiger partial charge in [0.05, 0.1) is 0 Å². The van der Waals surface area contributed by atoms with E-state index in [4.69, 9.17) is 0 Å². The average Bonchev–Trinajstić information content (AvgIpc) is 2.25. The van der Waals surface area contributed by atoms with Crippen molar-refractivity contribution in [2.45, 2.75) is 45.4 Å². The molecular weight excluding hydrogens is 160 g/mol. The van der Waals surface area contributed by atoms with Crippen LogP contribution in [0.15, 0.2) is 11.6 Å². The van der Waals surface area contributed by atoms with Gasteiger partial charge in [-0.25, -0.2) is 0 Å². The number of rotatable bonds is 0. The van der Waals surface area contributed by atoms with Gasteiger partial charge in [0.2, 0.25) is 0 Å². The Kier molecular flexibility index (Phi) is 2.52. The van der Waals surface area contributed by atoms with Crippen molar-refractivity contribution in [2.75, 3.05) is 0 Å². The molecule has 1 nitrogen and oxygen atoms in total. The van der Waals surface area contributed by atoms with Crippen molar-refractivity contribution in [3.63, 3.8) is 0 Å². The second kappa shape index (κ2) is 3.65. The fourth-order valence-electron chi connectivity index (χ4n) is 2.81. The van der Waals surface area contributed by atoms with Crippen molar-refractivity contribution in [3.05, 3.63) is 11.6 Å². The van der Waals surface area contributed by atoms with Crippen LogP contribution in [0.1, 0.15) is 45.4 Å². The van der Waals surface area contributed by atoms with Crippen molar-refractivity contribution in [1.82, 2.24) is 0 Å². The molecule has 0 heterocycles. The minimum Gasteiger partial charge on any atom is -0.295 e. The maximum atomic E-state index is 11.6. The van der Waals surface area contributed by atoms with Crippen LogP contribution in [0.3, 0.4) is 0 Å². The molecule has 0 saturated heterocycles. The topological polar surface area (TPSA) is 17.1 Å². The zero-order valence-corrected chi connectivity index (χ0v) is 8.38. The van der Waals surface area contributed by atoms with Gasteiger partial charge in [-0.1, -0.05) is 31.3 Å². The minimum atomic E-state index is 0.361. The third-order valence-corrected chi connectivity index (χ3v) is 3.59. The third-order valence-electron chi connectivity index (χ3n) is 3.59. The number of fused-ring (bicyclic) bond motifs is 1. The summed E-state index contributed by atoms with van der Waals surface area (Å²) in [6.45, 7) is 2.13. The maximum Gasteiger partial charge on any atom is 0.159 e. The lowest BCUT2D eigenvalue weighted by atomic mass is 9.81. The fraction of sp³-hybridized carbons (Fsp3) is 0.750. The summed E-state index contributed by atoms with van der Waals surface area (Å²) in [5.74, 6) is 1.37. The highest BCUT2D eigenvalue weighted by Crippen LogP contribution is 2.38. The first kappa shape index (κ1) is 8.98. The van der Waals surface area contributed by atoms with Gasteiger partial charge < -0.3 is 0 Å². The van der Waals surface area contributed by atoms with Crippen LogP contribution in [-0.2, 0) is 4.79 Å². The van der Waals surface area contributed by atoms with E-state index in [1.165, 1.54) is 37.7 Å². The summed E-state index contributed by atoms with van der Waals surface area (Å²) in [6, 6.07) is 0. The number of carbonyl (C=O) groups excluding carboxylic acids is 1. The Hall–Kier alpha value is -0.590. The molecule has 1 heteroatoms. The van der Waals surface area contributed by atoms with E-state index in [9.17, 15) is 4.79 Å². The second-order valence-electron chi connectivity index (χ2n) is 4.50. The van der Waals surface area contributed by atoms with Gasteiger partial charge in [-0.15, -0.1) is 0 Å². The van der Waals surface area contributed by atoms with Gasteiger partial charge in [-0.3, -0.25) is 4.79 Å². The van der Waals surface area contributed by atoms with E-state index in [2.05, 4.69) is 6.92 Å². The van der Waals surface area contributed by atoms with Gasteiger partial charge in [0.1, 0.15) is 0 Å². The Morgan fingerprint density at radius 1 is 1.08 bits per heavy atom. The lowest BCUT2D eigenvalue weighted by molar-refractivity contribution is -0.118. The van der Waals surface area contributed by atoms with E-state index < -0.39 is 0 Å². The molecule has 0 amide bonds. The van der Waals surface area contributed by atoms with E-state index in [1.54, 1.807) is 0 Å². The van der Waals surface area contributed by atoms with Crippen LogP contribution in [0.2, 0.25) is 0 Å². The first-order valence-electron chi connectivity index (χ1n) is 5.51. The van der Waals surface area contributed by atoms with Gasteiger partial charge in [-0.05, 0) is 31.8 Å². The Labute approximate surface area is 80.2 Å². The summed E-state index contributed by atoms with van der Waals surface area (Å²) < 4.78 is 0. The Balaban J connectivity index is 2.11. The van der Waals surface area contributed by atoms with Crippen LogP contribution < -0.4 is 0 Å². The van der Waals surface area contributed by atoms with E-state index in [0.717, 1.165) is 6.42 Å². The molecule has 0 spiro atoms. The first-order valence-corrected chi connectivity index (χ1v) is 5.51. The van der Waals surface area contributed by atoms with Crippen molar-refractivity contribution >= 4 is 5.78 Å². The predicted octanol–water partition coefficient (Wildman–Crippen LogP) is 3.10.